The highest BCUT2D eigenvalue weighted by atomic mass is 16.5. The van der Waals surface area contributed by atoms with E-state index in [1.54, 1.807) is 24.3 Å². The first-order chi connectivity index (χ1) is 10.2. The molecule has 0 aromatic heterocycles. The van der Waals surface area contributed by atoms with Crippen LogP contribution in [0, 0.1) is 0 Å². The molecule has 0 aliphatic rings. The fourth-order valence-electron chi connectivity index (χ4n) is 1.95. The highest BCUT2D eigenvalue weighted by molar-refractivity contribution is 5.88. The normalized spacial score (nSPS) is 10.3. The van der Waals surface area contributed by atoms with Crippen LogP contribution in [0.4, 0.5) is 0 Å². The average Bonchev–Trinajstić information content (AvgIpc) is 2.52. The van der Waals surface area contributed by atoms with Gasteiger partial charge in [-0.05, 0) is 48.2 Å². The molecule has 2 aromatic rings. The highest BCUT2D eigenvalue weighted by Crippen LogP contribution is 2.23. The molecular formula is C17H18O4. The van der Waals surface area contributed by atoms with E-state index in [1.165, 1.54) is 0 Å². The summed E-state index contributed by atoms with van der Waals surface area (Å²) >= 11 is 0. The third-order valence-corrected chi connectivity index (χ3v) is 3.14. The summed E-state index contributed by atoms with van der Waals surface area (Å²) in [5, 5.41) is 17.6. The van der Waals surface area contributed by atoms with Crippen molar-refractivity contribution in [3.63, 3.8) is 0 Å². The molecular weight excluding hydrogens is 268 g/mol. The lowest BCUT2D eigenvalue weighted by Gasteiger charge is -2.07. The molecule has 110 valence electrons. The molecule has 4 nitrogen and oxygen atoms in total. The maximum atomic E-state index is 10.8. The number of hydrogen-bond acceptors (Lipinski definition) is 3. The smallest absolute Gasteiger partial charge is 0.335 e. The molecule has 0 fully saturated rings. The first-order valence-electron chi connectivity index (χ1n) is 6.88. The summed E-state index contributed by atoms with van der Waals surface area (Å²) in [4.78, 5) is 10.8. The van der Waals surface area contributed by atoms with Gasteiger partial charge in [-0.2, -0.15) is 0 Å². The minimum atomic E-state index is -0.923. The Labute approximate surface area is 123 Å². The van der Waals surface area contributed by atoms with Crippen molar-refractivity contribution in [1.29, 1.82) is 0 Å². The number of carbonyl (C=O) groups is 1. The molecule has 0 bridgehead atoms. The van der Waals surface area contributed by atoms with Crippen LogP contribution in [0.15, 0.2) is 48.5 Å². The third kappa shape index (κ3) is 4.33. The molecule has 2 N–H and O–H groups in total. The predicted octanol–water partition coefficient (Wildman–Crippen LogP) is 3.20. The Balaban J connectivity index is 1.99. The van der Waals surface area contributed by atoms with E-state index in [-0.39, 0.29) is 12.2 Å². The van der Waals surface area contributed by atoms with Crippen LogP contribution >= 0.6 is 0 Å². The summed E-state index contributed by atoms with van der Waals surface area (Å²) in [7, 11) is 0. The largest absolute Gasteiger partial charge is 0.494 e. The first kappa shape index (κ1) is 15.1. The molecule has 0 aliphatic carbocycles. The van der Waals surface area contributed by atoms with Crippen molar-refractivity contribution >= 4 is 5.97 Å². The molecule has 0 amide bonds. The van der Waals surface area contributed by atoms with Crippen LogP contribution in [0.3, 0.4) is 0 Å². The van der Waals surface area contributed by atoms with Gasteiger partial charge in [-0.15, -0.1) is 0 Å². The van der Waals surface area contributed by atoms with Crippen LogP contribution in [-0.4, -0.2) is 29.4 Å². The van der Waals surface area contributed by atoms with Gasteiger partial charge >= 0.3 is 5.97 Å². The Bertz CT molecular complexity index is 573. The number of benzene rings is 2. The number of ether oxygens (including phenoxy) is 1. The first-order valence-corrected chi connectivity index (χ1v) is 6.88. The maximum absolute atomic E-state index is 10.8. The van der Waals surface area contributed by atoms with Gasteiger partial charge in [-0.25, -0.2) is 4.79 Å². The van der Waals surface area contributed by atoms with Gasteiger partial charge in [-0.1, -0.05) is 24.3 Å². The summed E-state index contributed by atoms with van der Waals surface area (Å²) in [6.45, 7) is 0.780. The van der Waals surface area contributed by atoms with Gasteiger partial charge in [0.05, 0.1) is 12.2 Å². The third-order valence-electron chi connectivity index (χ3n) is 3.14. The van der Waals surface area contributed by atoms with E-state index in [2.05, 4.69) is 0 Å². The SMILES string of the molecule is O=C(O)c1ccc(-c2ccc(OCCCCO)cc2)cc1. The van der Waals surface area contributed by atoms with E-state index >= 15 is 0 Å². The van der Waals surface area contributed by atoms with Gasteiger partial charge in [-0.3, -0.25) is 0 Å². The average molecular weight is 286 g/mol. The van der Waals surface area contributed by atoms with Crippen LogP contribution in [0.2, 0.25) is 0 Å². The summed E-state index contributed by atoms with van der Waals surface area (Å²) in [6.07, 6.45) is 1.57. The summed E-state index contributed by atoms with van der Waals surface area (Å²) in [5.74, 6) is -0.132. The summed E-state index contributed by atoms with van der Waals surface area (Å²) < 4.78 is 5.56. The number of aromatic carboxylic acids is 1. The zero-order chi connectivity index (χ0) is 15.1. The van der Waals surface area contributed by atoms with Gasteiger partial charge in [0.2, 0.25) is 0 Å². The lowest BCUT2D eigenvalue weighted by molar-refractivity contribution is 0.0697. The minimum Gasteiger partial charge on any atom is -0.494 e. The fourth-order valence-corrected chi connectivity index (χ4v) is 1.95. The molecule has 0 spiro atoms. The molecule has 21 heavy (non-hydrogen) atoms. The predicted molar refractivity (Wildman–Crippen MR) is 80.7 cm³/mol. The lowest BCUT2D eigenvalue weighted by Crippen LogP contribution is -1.98. The number of hydrogen-bond donors (Lipinski definition) is 2. The maximum Gasteiger partial charge on any atom is 0.335 e. The Morgan fingerprint density at radius 2 is 1.48 bits per heavy atom. The van der Waals surface area contributed by atoms with Crippen LogP contribution in [-0.2, 0) is 0 Å². The summed E-state index contributed by atoms with van der Waals surface area (Å²) in [5.41, 5.74) is 2.25. The Morgan fingerprint density at radius 1 is 0.905 bits per heavy atom. The van der Waals surface area contributed by atoms with Crippen LogP contribution in [0.1, 0.15) is 23.2 Å². The molecule has 2 aromatic carbocycles. The molecule has 2 rings (SSSR count). The van der Waals surface area contributed by atoms with Crippen molar-refractivity contribution in [2.45, 2.75) is 12.8 Å². The van der Waals surface area contributed by atoms with Gasteiger partial charge in [0.25, 0.3) is 0 Å². The van der Waals surface area contributed by atoms with E-state index in [0.29, 0.717) is 6.61 Å². The van der Waals surface area contributed by atoms with Gasteiger partial charge in [0, 0.05) is 6.61 Å². The molecule has 0 aliphatic heterocycles. The topological polar surface area (TPSA) is 66.8 Å². The monoisotopic (exact) mass is 286 g/mol. The Hall–Kier alpha value is -2.33. The molecule has 0 heterocycles. The summed E-state index contributed by atoms with van der Waals surface area (Å²) in [6, 6.07) is 14.4. The number of carboxylic acids is 1. The number of aliphatic hydroxyl groups excluding tert-OH is 1. The Kier molecular flexibility index (Phi) is 5.35. The molecule has 0 atom stereocenters. The zero-order valence-electron chi connectivity index (χ0n) is 11.7. The second kappa shape index (κ2) is 7.45. The van der Waals surface area contributed by atoms with Crippen LogP contribution in [0.5, 0.6) is 5.75 Å². The van der Waals surface area contributed by atoms with Crippen molar-refractivity contribution < 1.29 is 19.7 Å². The van der Waals surface area contributed by atoms with Crippen molar-refractivity contribution in [2.24, 2.45) is 0 Å². The van der Waals surface area contributed by atoms with E-state index < -0.39 is 5.97 Å². The van der Waals surface area contributed by atoms with E-state index in [0.717, 1.165) is 29.7 Å². The number of unbranched alkanes of at least 4 members (excludes halogenated alkanes) is 1. The van der Waals surface area contributed by atoms with Crippen molar-refractivity contribution in [3.05, 3.63) is 54.1 Å². The number of carboxylic acid groups (broad SMARTS) is 1. The van der Waals surface area contributed by atoms with E-state index in [1.807, 2.05) is 24.3 Å². The van der Waals surface area contributed by atoms with Crippen molar-refractivity contribution in [1.82, 2.24) is 0 Å². The quantitative estimate of drug-likeness (QED) is 0.767. The molecule has 0 radical (unpaired) electrons. The van der Waals surface area contributed by atoms with Crippen molar-refractivity contribution in [2.75, 3.05) is 13.2 Å². The van der Waals surface area contributed by atoms with E-state index in [9.17, 15) is 4.79 Å². The number of rotatable bonds is 7. The number of aliphatic hydroxyl groups is 1. The molecule has 4 heteroatoms. The Morgan fingerprint density at radius 3 is 2.00 bits per heavy atom. The highest BCUT2D eigenvalue weighted by Gasteiger charge is 2.03. The molecule has 0 unspecified atom stereocenters. The van der Waals surface area contributed by atoms with Gasteiger partial charge < -0.3 is 14.9 Å². The molecule has 0 saturated carbocycles. The second-order valence-corrected chi connectivity index (χ2v) is 4.69. The lowest BCUT2D eigenvalue weighted by atomic mass is 10.0. The second-order valence-electron chi connectivity index (χ2n) is 4.69. The van der Waals surface area contributed by atoms with Gasteiger partial charge in [0.15, 0.2) is 0 Å². The zero-order valence-corrected chi connectivity index (χ0v) is 11.7. The van der Waals surface area contributed by atoms with Crippen LogP contribution in [0.25, 0.3) is 11.1 Å². The molecule has 0 saturated heterocycles. The standard InChI is InChI=1S/C17H18O4/c18-11-1-2-12-21-16-9-7-14(8-10-16)13-3-5-15(6-4-13)17(19)20/h3-10,18H,1-2,11-12H2,(H,19,20). The van der Waals surface area contributed by atoms with Crippen LogP contribution < -0.4 is 4.74 Å². The fraction of sp³-hybridized carbons (Fsp3) is 0.235. The van der Waals surface area contributed by atoms with Gasteiger partial charge in [0.1, 0.15) is 5.75 Å². The van der Waals surface area contributed by atoms with E-state index in [4.69, 9.17) is 14.9 Å². The minimum absolute atomic E-state index is 0.189. The van der Waals surface area contributed by atoms with Crippen molar-refractivity contribution in [3.8, 4) is 16.9 Å².